The third-order valence-electron chi connectivity index (χ3n) is 26.1. The van der Waals surface area contributed by atoms with Crippen LogP contribution in [0.5, 0.6) is 0 Å². The highest BCUT2D eigenvalue weighted by Gasteiger charge is 2.57. The first kappa shape index (κ1) is 72.1. The molecule has 10 atom stereocenters. The minimum Gasteiger partial charge on any atom is -0.275 e. The molecule has 18 nitrogen and oxygen atoms in total. The molecule has 18 heteroatoms. The van der Waals surface area contributed by atoms with Crippen molar-refractivity contribution in [2.75, 3.05) is 13.1 Å². The SMILES string of the molecule is O=C1C=CC(=O)N1CCCCCCCCC1CCCCC1CCCCCCCCn1c(=O)c2cc3c(=O)n(CC4CC5C6CC(C5C4)C(n4c(=O)c5cc7c(=O)n(CCCCCCCCC8CCCCC8CCCCCCCCN8C(=O)C=CC8=O)c(=O)c7cc5c4=O)C6)c(=O)c3cc2c1=O. The lowest BCUT2D eigenvalue weighted by Gasteiger charge is -2.32. The van der Waals surface area contributed by atoms with E-state index in [4.69, 9.17) is 0 Å². The van der Waals surface area contributed by atoms with E-state index in [1.165, 1.54) is 218 Å². The van der Waals surface area contributed by atoms with E-state index >= 15 is 0 Å². The van der Waals surface area contributed by atoms with Crippen molar-refractivity contribution in [1.82, 2.24) is 28.1 Å². The molecule has 0 N–H and O–H groups in total. The number of benzene rings is 2. The number of nitrogens with zero attached hydrogens (tertiary/aromatic N) is 6. The van der Waals surface area contributed by atoms with Gasteiger partial charge in [0.25, 0.3) is 68.1 Å². The van der Waals surface area contributed by atoms with Crippen LogP contribution in [0.3, 0.4) is 0 Å². The molecule has 6 heterocycles. The standard InChI is InChI=1S/C83H108N6O12/c90-72-37-38-73(91)84(72)41-25-13-5-1-9-17-29-55-33-21-23-35-57(55)31-19-11-3-7-15-27-43-86-76(94)63-49-67-68(50-64(63)77(86)95)81(99)88(80(67)98)53-54-45-60-59-47-62(61(60)46-54)71(48-59)89-82(100)69-51-65-66(52-70(69)83(89)101)79(97)87(78(65)96)44-28-16-8-4-12-20-32-58-36-24-22-34-56(58)30-18-10-2-6-14-26-42-85-74(92)39-40-75(85)93/h37-40,49-52,54-62,71H,1-36,41-48,53H2. The van der Waals surface area contributed by atoms with Gasteiger partial charge < -0.3 is 0 Å². The van der Waals surface area contributed by atoms with E-state index in [1.807, 2.05) is 0 Å². The summed E-state index contributed by atoms with van der Waals surface area (Å²) in [7, 11) is 0. The number of aromatic nitrogens is 4. The Balaban J connectivity index is 0.528. The van der Waals surface area contributed by atoms with Crippen molar-refractivity contribution in [3.8, 4) is 0 Å². The van der Waals surface area contributed by atoms with Gasteiger partial charge in [0, 0.05) is 63.1 Å². The molecule has 5 saturated carbocycles. The molecule has 13 rings (SSSR count). The summed E-state index contributed by atoms with van der Waals surface area (Å²) in [4.78, 5) is 162. The maximum atomic E-state index is 14.4. The molecule has 0 radical (unpaired) electrons. The summed E-state index contributed by atoms with van der Waals surface area (Å²) < 4.78 is 5.25. The summed E-state index contributed by atoms with van der Waals surface area (Å²) in [5.41, 5.74) is -3.42. The van der Waals surface area contributed by atoms with Gasteiger partial charge in [0.05, 0.1) is 43.1 Å². The van der Waals surface area contributed by atoms with Crippen molar-refractivity contribution in [3.63, 3.8) is 0 Å². The van der Waals surface area contributed by atoms with Gasteiger partial charge in [0.2, 0.25) is 0 Å². The van der Waals surface area contributed by atoms with E-state index in [1.54, 1.807) is 0 Å². The molecular weight excluding hydrogens is 1270 g/mol. The molecule has 4 aromatic heterocycles. The average molecular weight is 1380 g/mol. The summed E-state index contributed by atoms with van der Waals surface area (Å²) in [5.74, 6) is 3.36. The van der Waals surface area contributed by atoms with E-state index < -0.39 is 44.5 Å². The van der Waals surface area contributed by atoms with Gasteiger partial charge >= 0.3 is 0 Å². The van der Waals surface area contributed by atoms with E-state index in [0.717, 1.165) is 120 Å². The zero-order valence-corrected chi connectivity index (χ0v) is 59.8. The number of amides is 4. The van der Waals surface area contributed by atoms with Gasteiger partial charge in [-0.15, -0.1) is 0 Å². The van der Waals surface area contributed by atoms with Gasteiger partial charge in [-0.2, -0.15) is 0 Å². The van der Waals surface area contributed by atoms with Crippen LogP contribution in [0, 0.1) is 53.3 Å². The Bertz CT molecular complexity index is 4310. The second-order valence-corrected chi connectivity index (χ2v) is 32.3. The molecule has 0 spiro atoms. The van der Waals surface area contributed by atoms with Crippen molar-refractivity contribution in [1.29, 1.82) is 0 Å². The Hall–Kier alpha value is -7.24. The van der Waals surface area contributed by atoms with Gasteiger partial charge in [-0.05, 0) is 129 Å². The molecule has 10 unspecified atom stereocenters. The van der Waals surface area contributed by atoms with Crippen molar-refractivity contribution in [2.45, 2.75) is 283 Å². The lowest BCUT2D eigenvalue weighted by Crippen LogP contribution is -2.36. The number of hydrogen-bond donors (Lipinski definition) is 0. The molecule has 4 amide bonds. The fourth-order valence-corrected chi connectivity index (χ4v) is 20.8. The number of fused-ring (bicyclic) bond motifs is 9. The average Bonchev–Trinajstić information content (AvgIpc) is 1.56. The third-order valence-corrected chi connectivity index (χ3v) is 26.1. The molecule has 101 heavy (non-hydrogen) atoms. The zero-order valence-electron chi connectivity index (χ0n) is 59.8. The largest absolute Gasteiger partial charge is 0.275 e. The predicted octanol–water partition coefficient (Wildman–Crippen LogP) is 13.4. The Labute approximate surface area is 591 Å². The summed E-state index contributed by atoms with van der Waals surface area (Å²) >= 11 is 0. The number of rotatable bonds is 39. The van der Waals surface area contributed by atoms with Crippen LogP contribution in [0.1, 0.15) is 263 Å². The molecule has 7 aliphatic rings. The van der Waals surface area contributed by atoms with E-state index in [9.17, 15) is 57.5 Å². The van der Waals surface area contributed by atoms with E-state index in [0.29, 0.717) is 51.4 Å². The second-order valence-electron chi connectivity index (χ2n) is 32.3. The second kappa shape index (κ2) is 33.0. The smallest absolute Gasteiger partial charge is 0.261 e. The molecule has 2 bridgehead atoms. The Kier molecular flexibility index (Phi) is 23.6. The third kappa shape index (κ3) is 15.7. The number of carbonyl (C=O) groups excluding carboxylic acids is 4. The van der Waals surface area contributed by atoms with Crippen molar-refractivity contribution in [3.05, 3.63) is 131 Å². The molecule has 2 aliphatic heterocycles. The fourth-order valence-electron chi connectivity index (χ4n) is 20.8. The maximum absolute atomic E-state index is 14.4. The first-order valence-corrected chi connectivity index (χ1v) is 40.0. The van der Waals surface area contributed by atoms with Gasteiger partial charge in [-0.25, -0.2) is 0 Å². The number of hydrogen-bond acceptors (Lipinski definition) is 12. The fraction of sp³-hybridized carbons (Fsp3) is 0.663. The number of carbonyl (C=O) groups is 4. The van der Waals surface area contributed by atoms with Gasteiger partial charge in [-0.3, -0.25) is 85.6 Å². The van der Waals surface area contributed by atoms with E-state index in [-0.39, 0.29) is 103 Å². The Morgan fingerprint density at radius 3 is 0.911 bits per heavy atom. The molecule has 0 saturated heterocycles. The lowest BCUT2D eigenvalue weighted by molar-refractivity contribution is -0.138. The summed E-state index contributed by atoms with van der Waals surface area (Å²) in [6, 6.07) is 5.55. The summed E-state index contributed by atoms with van der Waals surface area (Å²) in [6.45, 7) is 1.84. The van der Waals surface area contributed by atoms with Crippen molar-refractivity contribution < 1.29 is 19.2 Å². The van der Waals surface area contributed by atoms with Crippen LogP contribution in [0.25, 0.3) is 43.1 Å². The molecular formula is C83H108N6O12. The highest BCUT2D eigenvalue weighted by Crippen LogP contribution is 2.63. The van der Waals surface area contributed by atoms with E-state index in [2.05, 4.69) is 0 Å². The van der Waals surface area contributed by atoms with Crippen LogP contribution in [-0.2, 0) is 38.8 Å². The quantitative estimate of drug-likeness (QED) is 0.0259. The zero-order chi connectivity index (χ0) is 70.3. The van der Waals surface area contributed by atoms with Crippen LogP contribution in [0.2, 0.25) is 0 Å². The van der Waals surface area contributed by atoms with Crippen molar-refractivity contribution >= 4 is 66.7 Å². The highest BCUT2D eigenvalue weighted by atomic mass is 16.2. The molecule has 2 aromatic carbocycles. The lowest BCUT2D eigenvalue weighted by atomic mass is 9.74. The highest BCUT2D eigenvalue weighted by molar-refractivity contribution is 6.13. The summed E-state index contributed by atoms with van der Waals surface area (Å²) in [5, 5.41) is 1.38. The number of imide groups is 2. The van der Waals surface area contributed by atoms with Gasteiger partial charge in [0.1, 0.15) is 0 Å². The Morgan fingerprint density at radius 1 is 0.277 bits per heavy atom. The predicted molar refractivity (Wildman–Crippen MR) is 397 cm³/mol. The minimum absolute atomic E-state index is 0.00920. The van der Waals surface area contributed by atoms with Gasteiger partial charge in [0.15, 0.2) is 0 Å². The normalized spacial score (nSPS) is 24.4. The first-order valence-electron chi connectivity index (χ1n) is 40.0. The van der Waals surface area contributed by atoms with Crippen LogP contribution in [-0.4, -0.2) is 64.8 Å². The monoisotopic (exact) mass is 1380 g/mol. The Morgan fingerprint density at radius 2 is 0.564 bits per heavy atom. The summed E-state index contributed by atoms with van der Waals surface area (Å²) in [6.07, 6.45) is 50.3. The number of unbranched alkanes of at least 4 members (excludes halogenated alkanes) is 20. The van der Waals surface area contributed by atoms with Gasteiger partial charge in [-0.1, -0.05) is 205 Å². The van der Waals surface area contributed by atoms with Crippen molar-refractivity contribution in [2.24, 2.45) is 53.3 Å². The van der Waals surface area contributed by atoms with Crippen LogP contribution < -0.4 is 44.5 Å². The van der Waals surface area contributed by atoms with Crippen LogP contribution >= 0.6 is 0 Å². The first-order chi connectivity index (χ1) is 49.1. The minimum atomic E-state index is -0.453. The van der Waals surface area contributed by atoms with Crippen LogP contribution in [0.15, 0.2) is 86.9 Å². The molecule has 5 aliphatic carbocycles. The maximum Gasteiger partial charge on any atom is 0.261 e. The van der Waals surface area contributed by atoms with Crippen LogP contribution in [0.4, 0.5) is 0 Å². The molecule has 542 valence electrons. The molecule has 6 aromatic rings. The topological polar surface area (TPSA) is 231 Å². The molecule has 5 fully saturated rings.